The molecule has 0 aliphatic carbocycles. The molecule has 2 aromatic carbocycles. The average Bonchev–Trinajstić information content (AvgIpc) is 3.23. The summed E-state index contributed by atoms with van der Waals surface area (Å²) in [7, 11) is 0. The smallest absolute Gasteiger partial charge is 0.242 e. The predicted octanol–water partition coefficient (Wildman–Crippen LogP) is 4.14. The quantitative estimate of drug-likeness (QED) is 0.505. The van der Waals surface area contributed by atoms with Gasteiger partial charge in [0.2, 0.25) is 11.9 Å². The number of benzene rings is 2. The standard InChI is InChI=1S/C26H28N6O/c1-19-7-9-22(10-8-19)28-24-17-20(2)27-26(29-24)31-15-13-30(14-16-31)25(33)18-32-12-11-21-5-3-4-6-23(21)32/h3-12,17H,13-16,18H2,1-2H3,(H,27,28,29). The first-order chi connectivity index (χ1) is 16.0. The van der Waals surface area contributed by atoms with Gasteiger partial charge in [0.15, 0.2) is 0 Å². The van der Waals surface area contributed by atoms with Crippen molar-refractivity contribution in [1.29, 1.82) is 0 Å². The zero-order valence-electron chi connectivity index (χ0n) is 19.0. The van der Waals surface area contributed by atoms with Crippen molar-refractivity contribution in [2.24, 2.45) is 0 Å². The minimum atomic E-state index is 0.142. The van der Waals surface area contributed by atoms with Crippen LogP contribution in [-0.2, 0) is 11.3 Å². The van der Waals surface area contributed by atoms with Gasteiger partial charge in [0, 0.05) is 55.3 Å². The summed E-state index contributed by atoms with van der Waals surface area (Å²) in [6, 6.07) is 20.4. The van der Waals surface area contributed by atoms with E-state index in [0.29, 0.717) is 38.7 Å². The second-order valence-corrected chi connectivity index (χ2v) is 8.56. The Hall–Kier alpha value is -3.87. The molecular weight excluding hydrogens is 412 g/mol. The summed E-state index contributed by atoms with van der Waals surface area (Å²) in [4.78, 5) is 26.4. The highest BCUT2D eigenvalue weighted by Gasteiger charge is 2.23. The zero-order valence-corrected chi connectivity index (χ0v) is 19.0. The Bertz CT molecular complexity index is 1270. The topological polar surface area (TPSA) is 66.3 Å². The van der Waals surface area contributed by atoms with Crippen LogP contribution in [0.25, 0.3) is 10.9 Å². The maximum atomic E-state index is 12.9. The number of hydrogen-bond donors (Lipinski definition) is 1. The van der Waals surface area contributed by atoms with Crippen molar-refractivity contribution in [3.05, 3.63) is 78.1 Å². The van der Waals surface area contributed by atoms with E-state index in [1.165, 1.54) is 5.56 Å². The number of carbonyl (C=O) groups excluding carboxylic acids is 1. The molecule has 7 nitrogen and oxygen atoms in total. The van der Waals surface area contributed by atoms with Crippen molar-refractivity contribution in [3.8, 4) is 0 Å². The van der Waals surface area contributed by atoms with Gasteiger partial charge in [-0.3, -0.25) is 4.79 Å². The van der Waals surface area contributed by atoms with Crippen LogP contribution in [0.15, 0.2) is 66.9 Å². The van der Waals surface area contributed by atoms with Gasteiger partial charge in [-0.15, -0.1) is 0 Å². The lowest BCUT2D eigenvalue weighted by Gasteiger charge is -2.35. The number of rotatable bonds is 5. The number of aromatic nitrogens is 3. The van der Waals surface area contributed by atoms with Crippen LogP contribution >= 0.6 is 0 Å². The fraction of sp³-hybridized carbons (Fsp3) is 0.269. The third kappa shape index (κ3) is 4.67. The van der Waals surface area contributed by atoms with Gasteiger partial charge in [-0.1, -0.05) is 35.9 Å². The van der Waals surface area contributed by atoms with Gasteiger partial charge in [-0.2, -0.15) is 4.98 Å². The van der Waals surface area contributed by atoms with E-state index in [0.717, 1.165) is 28.1 Å². The molecule has 7 heteroatoms. The zero-order chi connectivity index (χ0) is 22.8. The average molecular weight is 441 g/mol. The summed E-state index contributed by atoms with van der Waals surface area (Å²) in [5, 5.41) is 4.53. The highest BCUT2D eigenvalue weighted by molar-refractivity contribution is 5.83. The van der Waals surface area contributed by atoms with Crippen molar-refractivity contribution in [1.82, 2.24) is 19.4 Å². The van der Waals surface area contributed by atoms with Gasteiger partial charge in [0.1, 0.15) is 12.4 Å². The maximum Gasteiger partial charge on any atom is 0.242 e. The van der Waals surface area contributed by atoms with Gasteiger partial charge in [0.05, 0.1) is 0 Å². The molecule has 0 bridgehead atoms. The summed E-state index contributed by atoms with van der Waals surface area (Å²) >= 11 is 0. The first kappa shape index (κ1) is 21.0. The molecule has 0 spiro atoms. The minimum Gasteiger partial charge on any atom is -0.340 e. The Kier molecular flexibility index (Phi) is 5.69. The van der Waals surface area contributed by atoms with Crippen LogP contribution in [0, 0.1) is 13.8 Å². The van der Waals surface area contributed by atoms with Crippen LogP contribution in [0.4, 0.5) is 17.5 Å². The summed E-state index contributed by atoms with van der Waals surface area (Å²) in [6.07, 6.45) is 1.99. The number of amides is 1. The Morgan fingerprint density at radius 2 is 1.70 bits per heavy atom. The molecule has 1 fully saturated rings. The van der Waals surface area contributed by atoms with Crippen LogP contribution in [0.2, 0.25) is 0 Å². The number of piperazine rings is 1. The Morgan fingerprint density at radius 3 is 2.48 bits per heavy atom. The molecule has 1 aliphatic heterocycles. The van der Waals surface area contributed by atoms with Gasteiger partial charge in [0.25, 0.3) is 0 Å². The van der Waals surface area contributed by atoms with E-state index in [2.05, 4.69) is 52.5 Å². The van der Waals surface area contributed by atoms with Gasteiger partial charge < -0.3 is 19.7 Å². The predicted molar refractivity (Wildman–Crippen MR) is 132 cm³/mol. The maximum absolute atomic E-state index is 12.9. The summed E-state index contributed by atoms with van der Waals surface area (Å²) in [5.41, 5.74) is 4.22. The first-order valence-electron chi connectivity index (χ1n) is 11.3. The number of carbonyl (C=O) groups is 1. The number of para-hydroxylation sites is 1. The Balaban J connectivity index is 1.23. The molecule has 0 atom stereocenters. The summed E-state index contributed by atoms with van der Waals surface area (Å²) in [6.45, 7) is 7.16. The van der Waals surface area contributed by atoms with Gasteiger partial charge in [-0.05, 0) is 43.5 Å². The lowest BCUT2D eigenvalue weighted by atomic mass is 10.2. The number of nitrogens with one attached hydrogen (secondary N) is 1. The van der Waals surface area contributed by atoms with E-state index in [1.54, 1.807) is 0 Å². The highest BCUT2D eigenvalue weighted by atomic mass is 16.2. The third-order valence-electron chi connectivity index (χ3n) is 6.07. The van der Waals surface area contributed by atoms with Crippen molar-refractivity contribution in [3.63, 3.8) is 0 Å². The van der Waals surface area contributed by atoms with Crippen molar-refractivity contribution in [2.75, 3.05) is 36.4 Å². The van der Waals surface area contributed by atoms with Crippen LogP contribution in [-0.4, -0.2) is 51.5 Å². The van der Waals surface area contributed by atoms with Crippen molar-refractivity contribution >= 4 is 34.3 Å². The molecule has 1 saturated heterocycles. The van der Waals surface area contributed by atoms with Crippen LogP contribution in [0.3, 0.4) is 0 Å². The van der Waals surface area contributed by atoms with Gasteiger partial charge >= 0.3 is 0 Å². The van der Waals surface area contributed by atoms with E-state index in [-0.39, 0.29) is 5.91 Å². The second-order valence-electron chi connectivity index (χ2n) is 8.56. The molecule has 0 radical (unpaired) electrons. The molecule has 168 valence electrons. The second kappa shape index (κ2) is 8.94. The third-order valence-corrected chi connectivity index (χ3v) is 6.07. The Labute approximate surface area is 193 Å². The highest BCUT2D eigenvalue weighted by Crippen LogP contribution is 2.20. The van der Waals surface area contributed by atoms with E-state index >= 15 is 0 Å². The molecule has 33 heavy (non-hydrogen) atoms. The van der Waals surface area contributed by atoms with Crippen LogP contribution in [0.1, 0.15) is 11.3 Å². The molecule has 4 aromatic rings. The molecular formula is C26H28N6O. The van der Waals surface area contributed by atoms with Crippen molar-refractivity contribution < 1.29 is 4.79 Å². The van der Waals surface area contributed by atoms with Crippen LogP contribution < -0.4 is 10.2 Å². The lowest BCUT2D eigenvalue weighted by molar-refractivity contribution is -0.132. The number of hydrogen-bond acceptors (Lipinski definition) is 5. The SMILES string of the molecule is Cc1ccc(Nc2cc(C)nc(N3CCN(C(=O)Cn4ccc5ccccc54)CC3)n2)cc1. The van der Waals surface area contributed by atoms with Crippen LogP contribution in [0.5, 0.6) is 0 Å². The number of aryl methyl sites for hydroxylation is 2. The van der Waals surface area contributed by atoms with E-state index < -0.39 is 0 Å². The number of fused-ring (bicyclic) bond motifs is 1. The molecule has 1 N–H and O–H groups in total. The van der Waals surface area contributed by atoms with Gasteiger partial charge in [-0.25, -0.2) is 4.98 Å². The first-order valence-corrected chi connectivity index (χ1v) is 11.3. The number of nitrogens with zero attached hydrogens (tertiary/aromatic N) is 5. The molecule has 1 aliphatic rings. The largest absolute Gasteiger partial charge is 0.340 e. The number of anilines is 3. The molecule has 0 unspecified atom stereocenters. The fourth-order valence-corrected chi connectivity index (χ4v) is 4.22. The molecule has 0 saturated carbocycles. The molecule has 2 aromatic heterocycles. The Morgan fingerprint density at radius 1 is 0.939 bits per heavy atom. The summed E-state index contributed by atoms with van der Waals surface area (Å²) < 4.78 is 2.02. The molecule has 3 heterocycles. The van der Waals surface area contributed by atoms with Crippen molar-refractivity contribution in [2.45, 2.75) is 20.4 Å². The minimum absolute atomic E-state index is 0.142. The normalized spacial score (nSPS) is 14.0. The monoisotopic (exact) mass is 440 g/mol. The van der Waals surface area contributed by atoms with E-state index in [9.17, 15) is 4.79 Å². The lowest BCUT2D eigenvalue weighted by Crippen LogP contribution is -2.50. The summed E-state index contributed by atoms with van der Waals surface area (Å²) in [5.74, 6) is 1.62. The fourth-order valence-electron chi connectivity index (χ4n) is 4.22. The molecule has 1 amide bonds. The molecule has 5 rings (SSSR count). The van der Waals surface area contributed by atoms with E-state index in [4.69, 9.17) is 4.98 Å². The van der Waals surface area contributed by atoms with E-state index in [1.807, 2.05) is 52.9 Å².